The van der Waals surface area contributed by atoms with Crippen LogP contribution in [-0.4, -0.2) is 53.2 Å². The molecule has 0 fully saturated rings. The molecule has 0 aliphatic heterocycles. The van der Waals surface area contributed by atoms with Gasteiger partial charge >= 0.3 is 0 Å². The summed E-state index contributed by atoms with van der Waals surface area (Å²) in [5.74, 6) is 0. The largest absolute Gasteiger partial charge is 0.404 e. The van der Waals surface area contributed by atoms with E-state index in [1.165, 1.54) is 11.8 Å². The molecule has 1 atom stereocenters. The molecule has 0 saturated carbocycles. The van der Waals surface area contributed by atoms with E-state index < -0.39 is 8.07 Å². The highest BCUT2D eigenvalue weighted by molar-refractivity contribution is 6.76. The van der Waals surface area contributed by atoms with Crippen molar-refractivity contribution in [3.63, 3.8) is 0 Å². The second-order valence-corrected chi connectivity index (χ2v) is 14.9. The molecule has 3 N–H and O–H groups in total. The van der Waals surface area contributed by atoms with Crippen LogP contribution in [-0.2, 0) is 11.5 Å². The predicted octanol–water partition coefficient (Wildman–Crippen LogP) is 4.14. The maximum atomic E-state index is 9.49. The molecule has 3 rings (SSSR count). The number of hydrogen-bond donors (Lipinski definition) is 2. The Morgan fingerprint density at radius 3 is 2.91 bits per heavy atom. The monoisotopic (exact) mass is 453 g/mol. The molecule has 2 aromatic heterocycles. The fraction of sp³-hybridized carbons (Fsp3) is 0.458. The number of fused-ring (bicyclic) bond motifs is 1. The zero-order valence-corrected chi connectivity index (χ0v) is 20.4. The number of rotatable bonds is 11. The van der Waals surface area contributed by atoms with Crippen LogP contribution in [0.25, 0.3) is 16.6 Å². The highest BCUT2D eigenvalue weighted by Gasteiger charge is 2.16. The van der Waals surface area contributed by atoms with Crippen LogP contribution in [0.2, 0.25) is 25.7 Å². The number of hydrogen-bond acceptors (Lipinski definition) is 6. The summed E-state index contributed by atoms with van der Waals surface area (Å²) >= 11 is 0. The van der Waals surface area contributed by atoms with Gasteiger partial charge < -0.3 is 20.1 Å². The lowest BCUT2D eigenvalue weighted by molar-refractivity contribution is 0.0899. The lowest BCUT2D eigenvalue weighted by atomic mass is 9.96. The fourth-order valence-corrected chi connectivity index (χ4v) is 4.37. The van der Waals surface area contributed by atoms with Crippen molar-refractivity contribution in [2.24, 2.45) is 10.7 Å². The van der Waals surface area contributed by atoms with E-state index in [4.69, 9.17) is 15.5 Å². The van der Waals surface area contributed by atoms with Crippen molar-refractivity contribution >= 4 is 30.9 Å². The number of aliphatic imine (C=N–C) groups is 1. The summed E-state index contributed by atoms with van der Waals surface area (Å²) in [7, 11) is -1.12. The zero-order chi connectivity index (χ0) is 23.0. The van der Waals surface area contributed by atoms with Crippen molar-refractivity contribution in [2.45, 2.75) is 57.7 Å². The van der Waals surface area contributed by atoms with Crippen molar-refractivity contribution in [2.75, 3.05) is 13.2 Å². The Morgan fingerprint density at radius 2 is 2.22 bits per heavy atom. The van der Waals surface area contributed by atoms with Crippen molar-refractivity contribution in [1.29, 1.82) is 0 Å². The molecule has 0 bridgehead atoms. The first-order chi connectivity index (χ1) is 15.4. The molecule has 1 aliphatic rings. The van der Waals surface area contributed by atoms with Crippen LogP contribution >= 0.6 is 0 Å². The normalized spacial score (nSPS) is 16.1. The van der Waals surface area contributed by atoms with Crippen molar-refractivity contribution in [1.82, 2.24) is 14.5 Å². The Bertz CT molecular complexity index is 1020. The van der Waals surface area contributed by atoms with Crippen molar-refractivity contribution in [3.8, 4) is 0 Å². The molecule has 0 spiro atoms. The van der Waals surface area contributed by atoms with Crippen molar-refractivity contribution in [3.05, 3.63) is 54.3 Å². The molecular formula is C24H35N5O2Si. The summed E-state index contributed by atoms with van der Waals surface area (Å²) < 4.78 is 7.89. The summed E-state index contributed by atoms with van der Waals surface area (Å²) in [5, 5.41) is 10.4. The third-order valence-corrected chi connectivity index (χ3v) is 7.21. The second-order valence-electron chi connectivity index (χ2n) is 9.23. The van der Waals surface area contributed by atoms with Gasteiger partial charge in [-0.25, -0.2) is 9.97 Å². The van der Waals surface area contributed by atoms with E-state index in [-0.39, 0.29) is 12.6 Å². The van der Waals surface area contributed by atoms with E-state index in [1.54, 1.807) is 12.5 Å². The smallest absolute Gasteiger partial charge is 0.145 e. The van der Waals surface area contributed by atoms with E-state index in [9.17, 15) is 5.11 Å². The minimum absolute atomic E-state index is 0.0680. The molecule has 2 heterocycles. The first-order valence-electron chi connectivity index (χ1n) is 11.2. The van der Waals surface area contributed by atoms with Gasteiger partial charge in [0.1, 0.15) is 18.7 Å². The fourth-order valence-electron chi connectivity index (χ4n) is 3.61. The van der Waals surface area contributed by atoms with Crippen LogP contribution in [0.4, 0.5) is 0 Å². The Kier molecular flexibility index (Phi) is 8.55. The molecule has 1 unspecified atom stereocenters. The lowest BCUT2D eigenvalue weighted by Crippen LogP contribution is -2.22. The molecular weight excluding hydrogens is 418 g/mol. The van der Waals surface area contributed by atoms with Gasteiger partial charge in [0.05, 0.1) is 11.7 Å². The average Bonchev–Trinajstić information content (AvgIpc) is 3.20. The number of allylic oxidation sites excluding steroid dienone is 4. The van der Waals surface area contributed by atoms with Gasteiger partial charge in [-0.05, 0) is 36.9 Å². The Balaban J connectivity index is 1.78. The SMILES string of the molecule is C[Si](C)(C)CCOCn1ccc2c(C(C=NC(CCO)C3=CC=CCC3)=CN)ncnc21. The maximum absolute atomic E-state index is 9.49. The summed E-state index contributed by atoms with van der Waals surface area (Å²) in [6.07, 6.45) is 15.6. The van der Waals surface area contributed by atoms with Gasteiger partial charge in [-0.3, -0.25) is 4.99 Å². The van der Waals surface area contributed by atoms with E-state index in [1.807, 2.05) is 16.8 Å². The molecule has 0 saturated heterocycles. The van der Waals surface area contributed by atoms with Gasteiger partial charge in [0.25, 0.3) is 0 Å². The number of aliphatic hydroxyl groups is 1. The first-order valence-corrected chi connectivity index (χ1v) is 14.9. The van der Waals surface area contributed by atoms with Gasteiger partial charge in [0.2, 0.25) is 0 Å². The van der Waals surface area contributed by atoms with E-state index in [0.717, 1.165) is 47.8 Å². The van der Waals surface area contributed by atoms with Crippen LogP contribution in [0.1, 0.15) is 25.0 Å². The number of ether oxygens (including phenoxy) is 1. The Labute approximate surface area is 191 Å². The minimum atomic E-state index is -1.12. The molecule has 172 valence electrons. The second kappa shape index (κ2) is 11.4. The highest BCUT2D eigenvalue weighted by Crippen LogP contribution is 2.24. The highest BCUT2D eigenvalue weighted by atomic mass is 28.3. The molecule has 0 radical (unpaired) electrons. The standard InChI is InChI=1S/C24H35N5O2Si/c1-32(2,3)14-13-31-18-29-11-9-21-23(27-17-28-24(21)29)20(15-25)16-26-22(10-12-30)19-7-5-4-6-8-19/h4-5,7,9,11,15-17,22,30H,6,8,10,12-14,18,25H2,1-3H3. The number of nitrogens with two attached hydrogens (primary N) is 1. The molecule has 2 aromatic rings. The van der Waals surface area contributed by atoms with E-state index in [2.05, 4.69) is 47.8 Å². The van der Waals surface area contributed by atoms with Gasteiger partial charge in [-0.1, -0.05) is 37.9 Å². The van der Waals surface area contributed by atoms with Crippen LogP contribution < -0.4 is 5.73 Å². The van der Waals surface area contributed by atoms with E-state index in [0.29, 0.717) is 13.2 Å². The van der Waals surface area contributed by atoms with Crippen LogP contribution in [0.5, 0.6) is 0 Å². The van der Waals surface area contributed by atoms with Crippen LogP contribution in [0.15, 0.2) is 53.6 Å². The van der Waals surface area contributed by atoms with Gasteiger partial charge in [-0.15, -0.1) is 0 Å². The zero-order valence-electron chi connectivity index (χ0n) is 19.4. The molecule has 1 aliphatic carbocycles. The van der Waals surface area contributed by atoms with Gasteiger partial charge in [0, 0.05) is 50.9 Å². The number of nitrogens with zero attached hydrogens (tertiary/aromatic N) is 4. The third kappa shape index (κ3) is 6.48. The first kappa shape index (κ1) is 24.1. The summed E-state index contributed by atoms with van der Waals surface area (Å²) in [6.45, 7) is 8.33. The third-order valence-electron chi connectivity index (χ3n) is 5.51. The maximum Gasteiger partial charge on any atom is 0.145 e. The van der Waals surface area contributed by atoms with Crippen LogP contribution in [0, 0.1) is 0 Å². The molecule has 7 nitrogen and oxygen atoms in total. The van der Waals surface area contributed by atoms with Gasteiger partial charge in [-0.2, -0.15) is 0 Å². The topological polar surface area (TPSA) is 98.5 Å². The Morgan fingerprint density at radius 1 is 1.38 bits per heavy atom. The summed E-state index contributed by atoms with van der Waals surface area (Å²) in [5.41, 5.74) is 9.46. The summed E-state index contributed by atoms with van der Waals surface area (Å²) in [6, 6.07) is 3.05. The average molecular weight is 454 g/mol. The molecule has 0 amide bonds. The number of aliphatic hydroxyl groups excluding tert-OH is 1. The molecule has 0 aromatic carbocycles. The lowest BCUT2D eigenvalue weighted by Gasteiger charge is -2.17. The minimum Gasteiger partial charge on any atom is -0.404 e. The quantitative estimate of drug-likeness (QED) is 0.303. The summed E-state index contributed by atoms with van der Waals surface area (Å²) in [4.78, 5) is 13.7. The van der Waals surface area contributed by atoms with Crippen molar-refractivity contribution < 1.29 is 9.84 Å². The van der Waals surface area contributed by atoms with Gasteiger partial charge in [0.15, 0.2) is 0 Å². The number of aromatic nitrogens is 3. The molecule has 8 heteroatoms. The Hall–Kier alpha value is -2.55. The predicted molar refractivity (Wildman–Crippen MR) is 134 cm³/mol. The molecule has 32 heavy (non-hydrogen) atoms. The van der Waals surface area contributed by atoms with E-state index >= 15 is 0 Å². The van der Waals surface area contributed by atoms with Crippen LogP contribution in [0.3, 0.4) is 0 Å².